The number of pyridine rings is 1. The Kier molecular flexibility index (Phi) is 3.57. The molecular weight excluding hydrogens is 244 g/mol. The number of nitrogens with zero attached hydrogens (tertiary/aromatic N) is 1. The highest BCUT2D eigenvalue weighted by Gasteiger charge is 2.19. The molecule has 1 fully saturated rings. The predicted octanol–water partition coefficient (Wildman–Crippen LogP) is 2.97. The van der Waals surface area contributed by atoms with Crippen LogP contribution in [0.5, 0.6) is 5.88 Å². The average molecular weight is 260 g/mol. The number of hydrogen-bond acceptors (Lipinski definition) is 4. The van der Waals surface area contributed by atoms with E-state index in [0.29, 0.717) is 12.5 Å². The zero-order valence-corrected chi connectivity index (χ0v) is 11.0. The summed E-state index contributed by atoms with van der Waals surface area (Å²) in [7, 11) is 0. The zero-order valence-electron chi connectivity index (χ0n) is 10.1. The SMILES string of the molecule is c1csc(COc2cc(CNC3CC3)ccn2)c1. The lowest BCUT2D eigenvalue weighted by Crippen LogP contribution is -2.15. The average Bonchev–Trinajstić information content (AvgIpc) is 3.09. The van der Waals surface area contributed by atoms with Gasteiger partial charge in [0.15, 0.2) is 0 Å². The van der Waals surface area contributed by atoms with Crippen molar-refractivity contribution in [1.29, 1.82) is 0 Å². The monoisotopic (exact) mass is 260 g/mol. The third-order valence-electron chi connectivity index (χ3n) is 2.91. The molecule has 0 radical (unpaired) electrons. The van der Waals surface area contributed by atoms with Crippen molar-refractivity contribution in [3.63, 3.8) is 0 Å². The maximum atomic E-state index is 5.69. The minimum Gasteiger partial charge on any atom is -0.472 e. The van der Waals surface area contributed by atoms with Gasteiger partial charge in [-0.15, -0.1) is 11.3 Å². The summed E-state index contributed by atoms with van der Waals surface area (Å²) in [6.45, 7) is 1.51. The summed E-state index contributed by atoms with van der Waals surface area (Å²) in [5.41, 5.74) is 1.23. The van der Waals surface area contributed by atoms with Crippen molar-refractivity contribution in [3.05, 3.63) is 46.3 Å². The van der Waals surface area contributed by atoms with Gasteiger partial charge in [-0.3, -0.25) is 0 Å². The van der Waals surface area contributed by atoms with Gasteiger partial charge in [0, 0.05) is 29.7 Å². The van der Waals surface area contributed by atoms with Gasteiger partial charge in [0.25, 0.3) is 0 Å². The maximum absolute atomic E-state index is 5.69. The Labute approximate surface area is 111 Å². The van der Waals surface area contributed by atoms with Crippen molar-refractivity contribution in [2.75, 3.05) is 0 Å². The van der Waals surface area contributed by atoms with Gasteiger partial charge in [0.2, 0.25) is 5.88 Å². The minimum atomic E-state index is 0.601. The number of rotatable bonds is 6. The standard InChI is InChI=1S/C14H16N2OS/c1-2-13(18-7-1)10-17-14-8-11(5-6-15-14)9-16-12-3-4-12/h1-2,5-8,12,16H,3-4,9-10H2. The molecule has 0 amide bonds. The highest BCUT2D eigenvalue weighted by molar-refractivity contribution is 7.09. The molecule has 0 bridgehead atoms. The van der Waals surface area contributed by atoms with E-state index in [1.54, 1.807) is 11.3 Å². The normalized spacial score (nSPS) is 14.7. The van der Waals surface area contributed by atoms with Crippen molar-refractivity contribution in [2.45, 2.75) is 32.0 Å². The minimum absolute atomic E-state index is 0.601. The lowest BCUT2D eigenvalue weighted by molar-refractivity contribution is 0.297. The van der Waals surface area contributed by atoms with Gasteiger partial charge in [-0.05, 0) is 35.9 Å². The van der Waals surface area contributed by atoms with Crippen LogP contribution in [0.2, 0.25) is 0 Å². The van der Waals surface area contributed by atoms with Crippen LogP contribution in [0.3, 0.4) is 0 Å². The molecule has 0 aliphatic heterocycles. The molecule has 1 aliphatic rings. The number of hydrogen-bond donors (Lipinski definition) is 1. The van der Waals surface area contributed by atoms with E-state index in [1.807, 2.05) is 24.4 Å². The van der Waals surface area contributed by atoms with Crippen LogP contribution in [0.1, 0.15) is 23.3 Å². The molecule has 0 atom stereocenters. The first-order valence-electron chi connectivity index (χ1n) is 6.23. The van der Waals surface area contributed by atoms with E-state index >= 15 is 0 Å². The van der Waals surface area contributed by atoms with Crippen LogP contribution in [-0.4, -0.2) is 11.0 Å². The Morgan fingerprint density at radius 3 is 3.11 bits per heavy atom. The predicted molar refractivity (Wildman–Crippen MR) is 72.7 cm³/mol. The van der Waals surface area contributed by atoms with E-state index in [0.717, 1.165) is 12.6 Å². The summed E-state index contributed by atoms with van der Waals surface area (Å²) in [6.07, 6.45) is 4.44. The van der Waals surface area contributed by atoms with Gasteiger partial charge < -0.3 is 10.1 Å². The van der Waals surface area contributed by atoms with Gasteiger partial charge in [0.1, 0.15) is 6.61 Å². The largest absolute Gasteiger partial charge is 0.472 e. The first kappa shape index (κ1) is 11.7. The van der Waals surface area contributed by atoms with E-state index in [4.69, 9.17) is 4.74 Å². The molecule has 0 spiro atoms. The highest BCUT2D eigenvalue weighted by atomic mass is 32.1. The third kappa shape index (κ3) is 3.31. The Balaban J connectivity index is 1.55. The molecule has 0 aromatic carbocycles. The van der Waals surface area contributed by atoms with Crippen molar-refractivity contribution < 1.29 is 4.74 Å². The smallest absolute Gasteiger partial charge is 0.213 e. The molecule has 3 nitrogen and oxygen atoms in total. The van der Waals surface area contributed by atoms with E-state index in [2.05, 4.69) is 21.7 Å². The van der Waals surface area contributed by atoms with Crippen molar-refractivity contribution in [1.82, 2.24) is 10.3 Å². The van der Waals surface area contributed by atoms with Gasteiger partial charge >= 0.3 is 0 Å². The van der Waals surface area contributed by atoms with Gasteiger partial charge in [0.05, 0.1) is 0 Å². The number of nitrogens with one attached hydrogen (secondary N) is 1. The van der Waals surface area contributed by atoms with Crippen LogP contribution < -0.4 is 10.1 Å². The summed E-state index contributed by atoms with van der Waals surface area (Å²) >= 11 is 1.70. The van der Waals surface area contributed by atoms with Gasteiger partial charge in [-0.1, -0.05) is 6.07 Å². The second kappa shape index (κ2) is 5.50. The molecule has 2 aromatic rings. The number of ether oxygens (including phenoxy) is 1. The quantitative estimate of drug-likeness (QED) is 0.867. The zero-order chi connectivity index (χ0) is 12.2. The summed E-state index contributed by atoms with van der Waals surface area (Å²) in [6, 6.07) is 8.89. The molecule has 4 heteroatoms. The third-order valence-corrected chi connectivity index (χ3v) is 3.76. The molecule has 1 N–H and O–H groups in total. The summed E-state index contributed by atoms with van der Waals surface area (Å²) in [5.74, 6) is 0.707. The second-order valence-electron chi connectivity index (χ2n) is 4.53. The molecule has 3 rings (SSSR count). The van der Waals surface area contributed by atoms with Gasteiger partial charge in [-0.25, -0.2) is 4.98 Å². The molecule has 2 aromatic heterocycles. The van der Waals surface area contributed by atoms with Crippen molar-refractivity contribution in [3.8, 4) is 5.88 Å². The fourth-order valence-electron chi connectivity index (χ4n) is 1.73. The highest BCUT2D eigenvalue weighted by Crippen LogP contribution is 2.20. The Bertz CT molecular complexity index is 494. The summed E-state index contributed by atoms with van der Waals surface area (Å²) in [4.78, 5) is 5.46. The van der Waals surface area contributed by atoms with Crippen LogP contribution in [0.15, 0.2) is 35.8 Å². The fraction of sp³-hybridized carbons (Fsp3) is 0.357. The molecular formula is C14H16N2OS. The first-order chi connectivity index (χ1) is 8.90. The lowest BCUT2D eigenvalue weighted by Gasteiger charge is -2.06. The van der Waals surface area contributed by atoms with E-state index < -0.39 is 0 Å². The van der Waals surface area contributed by atoms with E-state index in [-0.39, 0.29) is 0 Å². The van der Waals surface area contributed by atoms with Crippen molar-refractivity contribution >= 4 is 11.3 Å². The lowest BCUT2D eigenvalue weighted by atomic mass is 10.2. The van der Waals surface area contributed by atoms with E-state index in [9.17, 15) is 0 Å². The molecule has 0 saturated heterocycles. The molecule has 2 heterocycles. The van der Waals surface area contributed by atoms with Crippen LogP contribution in [-0.2, 0) is 13.2 Å². The molecule has 0 unspecified atom stereocenters. The Morgan fingerprint density at radius 2 is 2.33 bits per heavy atom. The first-order valence-corrected chi connectivity index (χ1v) is 7.11. The molecule has 1 aliphatic carbocycles. The van der Waals surface area contributed by atoms with Gasteiger partial charge in [-0.2, -0.15) is 0 Å². The molecule has 94 valence electrons. The van der Waals surface area contributed by atoms with E-state index in [1.165, 1.54) is 23.3 Å². The molecule has 18 heavy (non-hydrogen) atoms. The van der Waals surface area contributed by atoms with Crippen LogP contribution >= 0.6 is 11.3 Å². The number of thiophene rings is 1. The summed E-state index contributed by atoms with van der Waals surface area (Å²) in [5, 5.41) is 5.55. The summed E-state index contributed by atoms with van der Waals surface area (Å²) < 4.78 is 5.69. The fourth-order valence-corrected chi connectivity index (χ4v) is 2.34. The maximum Gasteiger partial charge on any atom is 0.213 e. The van der Waals surface area contributed by atoms with Crippen molar-refractivity contribution in [2.24, 2.45) is 0 Å². The number of aromatic nitrogens is 1. The second-order valence-corrected chi connectivity index (χ2v) is 5.56. The van der Waals surface area contributed by atoms with Crippen LogP contribution in [0.25, 0.3) is 0 Å². The Morgan fingerprint density at radius 1 is 1.39 bits per heavy atom. The molecule has 1 saturated carbocycles. The van der Waals surface area contributed by atoms with Crippen LogP contribution in [0, 0.1) is 0 Å². The van der Waals surface area contributed by atoms with Crippen LogP contribution in [0.4, 0.5) is 0 Å². The topological polar surface area (TPSA) is 34.1 Å². The Hall–Kier alpha value is -1.39.